The van der Waals surface area contributed by atoms with Crippen molar-refractivity contribution in [2.24, 2.45) is 0 Å². The van der Waals surface area contributed by atoms with Crippen LogP contribution in [0.4, 0.5) is 5.82 Å². The second kappa shape index (κ2) is 8.58. The molecule has 2 saturated heterocycles. The number of hydrogen-bond donors (Lipinski definition) is 1. The molecule has 7 heteroatoms. The van der Waals surface area contributed by atoms with Gasteiger partial charge in [-0.2, -0.15) is 5.10 Å². The van der Waals surface area contributed by atoms with Crippen LogP contribution in [0, 0.1) is 0 Å². The molecule has 2 aliphatic rings. The van der Waals surface area contributed by atoms with Crippen molar-refractivity contribution in [1.82, 2.24) is 20.0 Å². The lowest BCUT2D eigenvalue weighted by Gasteiger charge is -2.41. The van der Waals surface area contributed by atoms with Gasteiger partial charge in [0, 0.05) is 37.9 Å². The number of aromatic nitrogens is 2. The molecular weight excluding hydrogens is 318 g/mol. The van der Waals surface area contributed by atoms with Gasteiger partial charge in [0.2, 0.25) is 5.91 Å². The highest BCUT2D eigenvalue weighted by atomic mass is 16.5. The fourth-order valence-electron chi connectivity index (χ4n) is 3.85. The standard InChI is InChI=1S/C18H29N5O2/c1-14-5-3-6-15(2)23(14)18(24)13-22-9-10-25-16(12-22)11-19-17-7-4-8-20-21-17/h4,7-8,14-16H,3,5-6,9-13H2,1-2H3,(H,19,21)/t14-,15+,16-/m1/s1. The van der Waals surface area contributed by atoms with Gasteiger partial charge in [-0.1, -0.05) is 0 Å². The second-order valence-electron chi connectivity index (χ2n) is 7.15. The van der Waals surface area contributed by atoms with E-state index in [2.05, 4.69) is 39.2 Å². The minimum Gasteiger partial charge on any atom is -0.374 e. The van der Waals surface area contributed by atoms with Crippen LogP contribution in [0.1, 0.15) is 33.1 Å². The van der Waals surface area contributed by atoms with E-state index < -0.39 is 0 Å². The highest BCUT2D eigenvalue weighted by molar-refractivity contribution is 5.79. The summed E-state index contributed by atoms with van der Waals surface area (Å²) in [5.41, 5.74) is 0. The van der Waals surface area contributed by atoms with E-state index in [0.29, 0.717) is 31.8 Å². The van der Waals surface area contributed by atoms with E-state index in [1.807, 2.05) is 12.1 Å². The van der Waals surface area contributed by atoms with E-state index in [4.69, 9.17) is 4.74 Å². The van der Waals surface area contributed by atoms with Crippen LogP contribution < -0.4 is 5.32 Å². The van der Waals surface area contributed by atoms with Crippen molar-refractivity contribution in [3.8, 4) is 0 Å². The first-order valence-corrected chi connectivity index (χ1v) is 9.30. The highest BCUT2D eigenvalue weighted by Crippen LogP contribution is 2.23. The molecule has 25 heavy (non-hydrogen) atoms. The molecule has 0 spiro atoms. The van der Waals surface area contributed by atoms with Crippen molar-refractivity contribution in [2.75, 3.05) is 38.1 Å². The number of hydrogen-bond acceptors (Lipinski definition) is 6. The molecule has 138 valence electrons. The molecule has 1 N–H and O–H groups in total. The normalized spacial score (nSPS) is 27.9. The van der Waals surface area contributed by atoms with Gasteiger partial charge in [-0.05, 0) is 45.2 Å². The van der Waals surface area contributed by atoms with Gasteiger partial charge < -0.3 is 15.0 Å². The zero-order chi connectivity index (χ0) is 17.6. The predicted molar refractivity (Wildman–Crippen MR) is 96.3 cm³/mol. The van der Waals surface area contributed by atoms with Gasteiger partial charge in [0.15, 0.2) is 0 Å². The molecule has 0 unspecified atom stereocenters. The van der Waals surface area contributed by atoms with Crippen LogP contribution in [0.15, 0.2) is 18.3 Å². The number of ether oxygens (including phenoxy) is 1. The molecule has 1 aromatic heterocycles. The molecule has 1 amide bonds. The van der Waals surface area contributed by atoms with Crippen molar-refractivity contribution >= 4 is 11.7 Å². The van der Waals surface area contributed by atoms with E-state index in [1.165, 1.54) is 6.42 Å². The van der Waals surface area contributed by atoms with E-state index in [1.54, 1.807) is 6.20 Å². The third-order valence-corrected chi connectivity index (χ3v) is 5.15. The SMILES string of the molecule is C[C@@H]1CCC[C@H](C)N1C(=O)CN1CCO[C@H](CNc2cccnn2)C1. The molecule has 1 aromatic rings. The number of rotatable bonds is 5. The van der Waals surface area contributed by atoms with Crippen molar-refractivity contribution in [3.63, 3.8) is 0 Å². The van der Waals surface area contributed by atoms with Crippen LogP contribution in [0.25, 0.3) is 0 Å². The van der Waals surface area contributed by atoms with Crippen LogP contribution in [0.3, 0.4) is 0 Å². The lowest BCUT2D eigenvalue weighted by molar-refractivity contribution is -0.140. The van der Waals surface area contributed by atoms with Crippen molar-refractivity contribution in [1.29, 1.82) is 0 Å². The number of carbonyl (C=O) groups is 1. The molecular formula is C18H29N5O2. The molecule has 7 nitrogen and oxygen atoms in total. The summed E-state index contributed by atoms with van der Waals surface area (Å²) < 4.78 is 5.82. The van der Waals surface area contributed by atoms with Crippen molar-refractivity contribution in [3.05, 3.63) is 18.3 Å². The first kappa shape index (κ1) is 18.1. The van der Waals surface area contributed by atoms with Gasteiger partial charge >= 0.3 is 0 Å². The Kier molecular flexibility index (Phi) is 6.20. The number of piperidine rings is 1. The molecule has 0 radical (unpaired) electrons. The number of carbonyl (C=O) groups excluding carboxylic acids is 1. The average Bonchev–Trinajstić information content (AvgIpc) is 2.61. The summed E-state index contributed by atoms with van der Waals surface area (Å²) in [5.74, 6) is 0.998. The Morgan fingerprint density at radius 1 is 1.36 bits per heavy atom. The Hall–Kier alpha value is -1.73. The zero-order valence-electron chi connectivity index (χ0n) is 15.2. The fourth-order valence-corrected chi connectivity index (χ4v) is 3.85. The quantitative estimate of drug-likeness (QED) is 0.868. The van der Waals surface area contributed by atoms with Gasteiger partial charge in [-0.25, -0.2) is 0 Å². The lowest BCUT2D eigenvalue weighted by atomic mass is 9.97. The maximum Gasteiger partial charge on any atom is 0.237 e. The van der Waals surface area contributed by atoms with Crippen LogP contribution in [-0.4, -0.2) is 76.9 Å². The molecule has 3 atom stereocenters. The third kappa shape index (κ3) is 4.89. The van der Waals surface area contributed by atoms with E-state index >= 15 is 0 Å². The molecule has 0 bridgehead atoms. The number of amides is 1. The second-order valence-corrected chi connectivity index (χ2v) is 7.15. The molecule has 0 saturated carbocycles. The summed E-state index contributed by atoms with van der Waals surface area (Å²) in [6.07, 6.45) is 5.16. The maximum absolute atomic E-state index is 12.8. The summed E-state index contributed by atoms with van der Waals surface area (Å²) in [6.45, 7) is 7.71. The Morgan fingerprint density at radius 2 is 2.16 bits per heavy atom. The Balaban J connectivity index is 1.48. The Bertz CT molecular complexity index is 546. The minimum absolute atomic E-state index is 0.0553. The van der Waals surface area contributed by atoms with Crippen LogP contribution in [0.5, 0.6) is 0 Å². The number of nitrogens with one attached hydrogen (secondary N) is 1. The summed E-state index contributed by atoms with van der Waals surface area (Å²) in [5, 5.41) is 11.1. The van der Waals surface area contributed by atoms with Crippen LogP contribution >= 0.6 is 0 Å². The molecule has 3 rings (SSSR count). The molecule has 0 aromatic carbocycles. The number of morpholine rings is 1. The molecule has 0 aliphatic carbocycles. The number of likely N-dealkylation sites (tertiary alicyclic amines) is 1. The zero-order valence-corrected chi connectivity index (χ0v) is 15.2. The Morgan fingerprint density at radius 3 is 2.88 bits per heavy atom. The van der Waals surface area contributed by atoms with Crippen LogP contribution in [0.2, 0.25) is 0 Å². The monoisotopic (exact) mass is 347 g/mol. The molecule has 3 heterocycles. The summed E-state index contributed by atoms with van der Waals surface area (Å²) in [7, 11) is 0. The van der Waals surface area contributed by atoms with E-state index in [0.717, 1.165) is 31.7 Å². The van der Waals surface area contributed by atoms with E-state index in [9.17, 15) is 4.79 Å². The summed E-state index contributed by atoms with van der Waals surface area (Å²) >= 11 is 0. The van der Waals surface area contributed by atoms with Gasteiger partial charge in [-0.3, -0.25) is 9.69 Å². The lowest BCUT2D eigenvalue weighted by Crippen LogP contribution is -2.54. The van der Waals surface area contributed by atoms with Gasteiger partial charge in [0.05, 0.1) is 19.3 Å². The number of anilines is 1. The van der Waals surface area contributed by atoms with E-state index in [-0.39, 0.29) is 12.0 Å². The van der Waals surface area contributed by atoms with Crippen molar-refractivity contribution < 1.29 is 9.53 Å². The van der Waals surface area contributed by atoms with Gasteiger partial charge in [-0.15, -0.1) is 5.10 Å². The largest absolute Gasteiger partial charge is 0.374 e. The molecule has 2 aliphatic heterocycles. The fraction of sp³-hybridized carbons (Fsp3) is 0.722. The molecule has 2 fully saturated rings. The smallest absolute Gasteiger partial charge is 0.237 e. The first-order valence-electron chi connectivity index (χ1n) is 9.30. The summed E-state index contributed by atoms with van der Waals surface area (Å²) in [6, 6.07) is 4.44. The minimum atomic E-state index is 0.0553. The topological polar surface area (TPSA) is 70.6 Å². The average molecular weight is 347 g/mol. The summed E-state index contributed by atoms with van der Waals surface area (Å²) in [4.78, 5) is 17.1. The first-order chi connectivity index (χ1) is 12.1. The predicted octanol–water partition coefficient (Wildman–Crippen LogP) is 1.38. The van der Waals surface area contributed by atoms with Gasteiger partial charge in [0.25, 0.3) is 0 Å². The number of nitrogens with zero attached hydrogens (tertiary/aromatic N) is 4. The maximum atomic E-state index is 12.8. The third-order valence-electron chi connectivity index (χ3n) is 5.15. The highest BCUT2D eigenvalue weighted by Gasteiger charge is 2.31. The Labute approximate surface area is 149 Å². The van der Waals surface area contributed by atoms with Crippen molar-refractivity contribution in [2.45, 2.75) is 51.3 Å². The van der Waals surface area contributed by atoms with Gasteiger partial charge in [0.1, 0.15) is 5.82 Å². The van der Waals surface area contributed by atoms with Crippen LogP contribution in [-0.2, 0) is 9.53 Å².